The second-order valence-corrected chi connectivity index (χ2v) is 37.8. The van der Waals surface area contributed by atoms with E-state index in [1.165, 1.54) is 16.7 Å². The maximum absolute atomic E-state index is 13.2. The van der Waals surface area contributed by atoms with Crippen molar-refractivity contribution >= 4 is 24.2 Å². The van der Waals surface area contributed by atoms with E-state index >= 15 is 0 Å². The number of hydrogen-bond acceptors (Lipinski definition) is 18. The van der Waals surface area contributed by atoms with Crippen molar-refractivity contribution in [2.45, 2.75) is 284 Å². The SMILES string of the molecule is CC(C)(C)OC(=O)N1C[C@@H](Oc2ccccc2)C[C@H]1/C=C/CO.CC(C)(C)OC(=O)N1C[C@@H](Oc2ccccc2)C[C@H]1CCCO.CCc1ccccc1OCCC[C@@H]1C[C@H](Oc2ccccc2)CN1.CCc1ccccc1OCCC[C@@H]1C[C@H](Oc2ccccc2)CN1C(=O)OC(C)(C)C.CCc1ccccc1OCCC[C@@H]1C[C@H](Oc2ccccc2)CN1C(=O)[C@@H](C)C(C)C. The van der Waals surface area contributed by atoms with E-state index in [2.05, 4.69) is 81.2 Å². The number of nitrogens with zero attached hydrogens (tertiary/aromatic N) is 4. The maximum atomic E-state index is 13.2. The van der Waals surface area contributed by atoms with Gasteiger partial charge in [0.05, 0.1) is 58.6 Å². The highest BCUT2D eigenvalue weighted by Crippen LogP contribution is 2.35. The Morgan fingerprint density at radius 1 is 0.379 bits per heavy atom. The summed E-state index contributed by atoms with van der Waals surface area (Å²) in [5, 5.41) is 21.6. The number of amides is 4. The Kier molecular flexibility index (Phi) is 43.1. The number of carbonyl (C=O) groups is 4. The minimum Gasteiger partial charge on any atom is -0.493 e. The van der Waals surface area contributed by atoms with Crippen molar-refractivity contribution in [1.82, 2.24) is 24.9 Å². The van der Waals surface area contributed by atoms with Crippen LogP contribution in [0, 0.1) is 11.8 Å². The molecule has 5 aliphatic rings. The molecule has 0 radical (unpaired) electrons. The standard InChI is InChI=1S/C27H37NO3.C26H35NO4.C21H27NO2.C18H27NO4.C18H25NO4/c1-5-22-12-9-10-16-26(22)30-17-11-13-23-18-25(31-24-14-7-6-8-15-24)19-28(23)27(29)21(4)20(2)3;1-5-20-12-9-10-16-24(20)29-17-11-13-21-18-23(30-22-14-7-6-8-15-22)19-27(21)25(28)31-26(2,3)4;1-2-17-9-6-7-13-21(17)23-14-8-10-18-15-20(16-22-18)24-19-11-4-3-5-12-19;2*1-18(2,3)23-17(21)19-13-16(12-14(19)8-7-11-20)22-15-9-5-4-6-10-15/h6-10,12,14-16,20-21,23,25H,5,11,13,17-19H2,1-4H3;6-10,12,14-16,21,23H,5,11,13,17-19H2,1-4H3;3-7,9,11-13,18,20,22H,2,8,10,14-16H2,1H3;4-6,9-10,14,16,20H,7-8,11-13H2,1-3H3;4-10,14,16,20H,11-13H2,1-3H3/b;;;;8-7+/t21-,23+,25-;21-,23+;18-,20+;2*14-,16+/m01111/s1. The van der Waals surface area contributed by atoms with Crippen LogP contribution >= 0.6 is 0 Å². The minimum atomic E-state index is -0.541. The normalized spacial score (nSPS) is 20.1. The number of hydrogen-bond donors (Lipinski definition) is 3. The molecule has 22 nitrogen and oxygen atoms in total. The van der Waals surface area contributed by atoms with Crippen LogP contribution in [0.15, 0.2) is 237 Å². The molecular weight excluding hydrogens is 1660 g/mol. The molecule has 5 saturated heterocycles. The van der Waals surface area contributed by atoms with Crippen molar-refractivity contribution in [2.75, 3.05) is 65.8 Å². The van der Waals surface area contributed by atoms with Gasteiger partial charge in [-0.25, -0.2) is 14.4 Å². The van der Waals surface area contributed by atoms with Crippen LogP contribution in [0.1, 0.15) is 204 Å². The van der Waals surface area contributed by atoms with Gasteiger partial charge in [-0.05, 0) is 234 Å². The van der Waals surface area contributed by atoms with E-state index in [9.17, 15) is 19.2 Å². The van der Waals surface area contributed by atoms with Crippen molar-refractivity contribution in [2.24, 2.45) is 11.8 Å². The van der Waals surface area contributed by atoms with Gasteiger partial charge in [-0.2, -0.15) is 0 Å². The molecule has 0 saturated carbocycles. The third-order valence-electron chi connectivity index (χ3n) is 23.5. The lowest BCUT2D eigenvalue weighted by molar-refractivity contribution is -0.137. The molecule has 0 spiro atoms. The van der Waals surface area contributed by atoms with E-state index in [4.69, 9.17) is 62.3 Å². The molecule has 0 aliphatic carbocycles. The summed E-state index contributed by atoms with van der Waals surface area (Å²) in [6.45, 7) is 34.8. The van der Waals surface area contributed by atoms with Gasteiger partial charge in [0.1, 0.15) is 93.3 Å². The Morgan fingerprint density at radius 2 is 0.682 bits per heavy atom. The summed E-state index contributed by atoms with van der Waals surface area (Å²) in [6.07, 6.45) is 16.9. The lowest BCUT2D eigenvalue weighted by Gasteiger charge is -2.28. The molecular formula is C110H151N5O17. The molecule has 5 aliphatic heterocycles. The fraction of sp³-hybridized carbons (Fsp3) is 0.509. The van der Waals surface area contributed by atoms with Gasteiger partial charge in [0, 0.05) is 75.3 Å². The number of aryl methyl sites for hydroxylation is 3. The highest BCUT2D eigenvalue weighted by Gasteiger charge is 2.43. The van der Waals surface area contributed by atoms with Crippen molar-refractivity contribution in [3.05, 3.63) is 253 Å². The van der Waals surface area contributed by atoms with E-state index in [1.807, 2.05) is 268 Å². The predicted octanol–water partition coefficient (Wildman–Crippen LogP) is 22.0. The molecule has 8 aromatic rings. The van der Waals surface area contributed by atoms with Gasteiger partial charge in [0.25, 0.3) is 0 Å². The maximum Gasteiger partial charge on any atom is 0.410 e. The van der Waals surface area contributed by atoms with Gasteiger partial charge in [0.15, 0.2) is 0 Å². The first-order valence-electron chi connectivity index (χ1n) is 48.1. The number of aliphatic hydroxyl groups is 2. The van der Waals surface area contributed by atoms with Crippen LogP contribution in [0.4, 0.5) is 14.4 Å². The second kappa shape index (κ2) is 54.3. The summed E-state index contributed by atoms with van der Waals surface area (Å²) in [4.78, 5) is 58.1. The highest BCUT2D eigenvalue weighted by atomic mass is 16.6. The number of carbonyl (C=O) groups excluding carboxylic acids is 4. The van der Waals surface area contributed by atoms with Crippen LogP contribution in [-0.4, -0.2) is 197 Å². The number of likely N-dealkylation sites (tertiary alicyclic amines) is 4. The Labute approximate surface area is 787 Å². The largest absolute Gasteiger partial charge is 0.493 e. The molecule has 3 N–H and O–H groups in total. The average molecular weight is 1820 g/mol. The molecule has 22 heteroatoms. The number of aliphatic hydroxyl groups excluding tert-OH is 2. The fourth-order valence-corrected chi connectivity index (χ4v) is 16.6. The molecule has 4 amide bonds. The number of benzene rings is 8. The summed E-state index contributed by atoms with van der Waals surface area (Å²) in [5.41, 5.74) is 2.16. The molecule has 5 fully saturated rings. The topological polar surface area (TPSA) is 235 Å². The molecule has 11 atom stereocenters. The fourth-order valence-electron chi connectivity index (χ4n) is 16.6. The zero-order valence-electron chi connectivity index (χ0n) is 81.1. The predicted molar refractivity (Wildman–Crippen MR) is 523 cm³/mol. The second-order valence-electron chi connectivity index (χ2n) is 37.8. The van der Waals surface area contributed by atoms with Crippen LogP contribution in [0.25, 0.3) is 0 Å². The van der Waals surface area contributed by atoms with Crippen molar-refractivity contribution < 1.29 is 81.5 Å². The van der Waals surface area contributed by atoms with E-state index in [-0.39, 0.29) is 98.0 Å². The van der Waals surface area contributed by atoms with Gasteiger partial charge < -0.3 is 82.3 Å². The first kappa shape index (κ1) is 105. The Morgan fingerprint density at radius 3 is 1.02 bits per heavy atom. The molecule has 718 valence electrons. The number of nitrogens with one attached hydrogen (secondary N) is 1. The van der Waals surface area contributed by atoms with Crippen LogP contribution in [0.2, 0.25) is 0 Å². The molecule has 0 unspecified atom stereocenters. The summed E-state index contributed by atoms with van der Waals surface area (Å²) in [7, 11) is 0. The molecule has 132 heavy (non-hydrogen) atoms. The Balaban J connectivity index is 0.000000187. The first-order chi connectivity index (χ1) is 63.5. The van der Waals surface area contributed by atoms with Gasteiger partial charge in [-0.3, -0.25) is 9.69 Å². The lowest BCUT2D eigenvalue weighted by Crippen LogP contribution is -2.41. The summed E-state index contributed by atoms with van der Waals surface area (Å²) in [5.74, 6) is 7.81. The average Bonchev–Trinajstić information content (AvgIpc) is 1.67. The third kappa shape index (κ3) is 36.6. The Bertz CT molecular complexity index is 4640. The molecule has 0 bridgehead atoms. The number of para-hydroxylation sites is 8. The molecule has 5 heterocycles. The van der Waals surface area contributed by atoms with Crippen LogP contribution in [-0.2, 0) is 38.3 Å². The van der Waals surface area contributed by atoms with Gasteiger partial charge in [-0.1, -0.05) is 199 Å². The van der Waals surface area contributed by atoms with Crippen molar-refractivity contribution in [3.63, 3.8) is 0 Å². The van der Waals surface area contributed by atoms with Crippen molar-refractivity contribution in [3.8, 4) is 46.0 Å². The van der Waals surface area contributed by atoms with Gasteiger partial charge >= 0.3 is 18.3 Å². The number of rotatable bonds is 35. The summed E-state index contributed by atoms with van der Waals surface area (Å²) in [6, 6.07) is 74.4. The van der Waals surface area contributed by atoms with Crippen LogP contribution < -0.4 is 43.2 Å². The Hall–Kier alpha value is -10.9. The van der Waals surface area contributed by atoms with E-state index in [1.54, 1.807) is 15.9 Å². The van der Waals surface area contributed by atoms with Crippen LogP contribution in [0.5, 0.6) is 46.0 Å². The summed E-state index contributed by atoms with van der Waals surface area (Å²) < 4.78 is 65.0. The van der Waals surface area contributed by atoms with Crippen molar-refractivity contribution in [1.29, 1.82) is 0 Å². The molecule has 13 rings (SSSR count). The summed E-state index contributed by atoms with van der Waals surface area (Å²) >= 11 is 0. The first-order valence-corrected chi connectivity index (χ1v) is 48.1. The van der Waals surface area contributed by atoms with Gasteiger partial charge in [-0.15, -0.1) is 0 Å². The van der Waals surface area contributed by atoms with Crippen LogP contribution in [0.3, 0.4) is 0 Å². The molecule has 8 aromatic carbocycles. The minimum absolute atomic E-state index is 0.0191. The monoisotopic (exact) mass is 1810 g/mol. The van der Waals surface area contributed by atoms with E-state index in [0.717, 1.165) is 149 Å². The van der Waals surface area contributed by atoms with E-state index in [0.29, 0.717) is 64.2 Å². The quantitative estimate of drug-likeness (QED) is 0.0190. The number of ether oxygens (including phenoxy) is 11. The zero-order valence-corrected chi connectivity index (χ0v) is 81.1. The third-order valence-corrected chi connectivity index (χ3v) is 23.5. The van der Waals surface area contributed by atoms with Gasteiger partial charge in [0.2, 0.25) is 5.91 Å². The molecule has 0 aromatic heterocycles. The smallest absolute Gasteiger partial charge is 0.410 e. The lowest BCUT2D eigenvalue weighted by atomic mass is 9.96. The van der Waals surface area contributed by atoms with E-state index < -0.39 is 16.8 Å². The zero-order chi connectivity index (χ0) is 94.8. The highest BCUT2D eigenvalue weighted by molar-refractivity contribution is 5.79.